The molecule has 0 aliphatic carbocycles. The first-order valence-electron chi connectivity index (χ1n) is 7.53. The Bertz CT molecular complexity index is 683. The third-order valence-corrected chi connectivity index (χ3v) is 3.39. The summed E-state index contributed by atoms with van der Waals surface area (Å²) in [7, 11) is 0. The quantitative estimate of drug-likeness (QED) is 0.706. The Morgan fingerprint density at radius 2 is 1.13 bits per heavy atom. The molecule has 0 radical (unpaired) electrons. The number of aromatic nitrogens is 1. The first kappa shape index (κ1) is 15.0. The molecule has 0 spiro atoms. The molecule has 23 heavy (non-hydrogen) atoms. The van der Waals surface area contributed by atoms with Crippen LogP contribution in [0.4, 0.5) is 15.8 Å². The zero-order valence-electron chi connectivity index (χ0n) is 12.7. The van der Waals surface area contributed by atoms with Gasteiger partial charge in [-0.25, -0.2) is 4.39 Å². The van der Waals surface area contributed by atoms with Crippen molar-refractivity contribution in [1.82, 2.24) is 4.98 Å². The minimum atomic E-state index is -0.269. The second-order valence-electron chi connectivity index (χ2n) is 5.21. The highest BCUT2D eigenvalue weighted by atomic mass is 19.1. The molecule has 0 saturated carbocycles. The van der Waals surface area contributed by atoms with Gasteiger partial charge >= 0.3 is 0 Å². The van der Waals surface area contributed by atoms with E-state index in [9.17, 15) is 4.39 Å². The Hall–Kier alpha value is -2.88. The summed E-state index contributed by atoms with van der Waals surface area (Å²) in [5.41, 5.74) is 3.34. The molecule has 0 unspecified atom stereocenters. The summed E-state index contributed by atoms with van der Waals surface area (Å²) < 4.78 is 13.8. The highest BCUT2D eigenvalue weighted by molar-refractivity contribution is 5.43. The SMILES string of the molecule is Fc1cc(CNc2ccccc2)nc(CNc2ccccc2)c1. The van der Waals surface area contributed by atoms with Crippen molar-refractivity contribution >= 4 is 11.4 Å². The lowest BCUT2D eigenvalue weighted by Crippen LogP contribution is -2.07. The maximum atomic E-state index is 13.8. The first-order chi connectivity index (χ1) is 11.3. The molecular formula is C19H18FN3. The van der Waals surface area contributed by atoms with Gasteiger partial charge in [-0.05, 0) is 36.4 Å². The maximum absolute atomic E-state index is 13.8. The van der Waals surface area contributed by atoms with Crippen molar-refractivity contribution in [1.29, 1.82) is 0 Å². The van der Waals surface area contributed by atoms with Crippen LogP contribution >= 0.6 is 0 Å². The summed E-state index contributed by atoms with van der Waals surface area (Å²) in [5.74, 6) is -0.269. The van der Waals surface area contributed by atoms with E-state index in [1.165, 1.54) is 12.1 Å². The van der Waals surface area contributed by atoms with Crippen molar-refractivity contribution in [3.05, 3.63) is 90.0 Å². The Balaban J connectivity index is 1.64. The normalized spacial score (nSPS) is 10.3. The molecule has 1 heterocycles. The van der Waals surface area contributed by atoms with Gasteiger partial charge in [0.2, 0.25) is 0 Å². The average Bonchev–Trinajstić information content (AvgIpc) is 2.60. The van der Waals surface area contributed by atoms with Crippen molar-refractivity contribution < 1.29 is 4.39 Å². The predicted molar refractivity (Wildman–Crippen MR) is 91.7 cm³/mol. The van der Waals surface area contributed by atoms with Gasteiger partial charge in [0.25, 0.3) is 0 Å². The fraction of sp³-hybridized carbons (Fsp3) is 0.105. The molecule has 3 rings (SSSR count). The molecular weight excluding hydrogens is 289 g/mol. The minimum Gasteiger partial charge on any atom is -0.379 e. The summed E-state index contributed by atoms with van der Waals surface area (Å²) in [5, 5.41) is 6.48. The van der Waals surface area contributed by atoms with E-state index in [-0.39, 0.29) is 5.82 Å². The number of pyridine rings is 1. The van der Waals surface area contributed by atoms with Crippen LogP contribution in [-0.4, -0.2) is 4.98 Å². The zero-order valence-corrected chi connectivity index (χ0v) is 12.7. The molecule has 0 saturated heterocycles. The lowest BCUT2D eigenvalue weighted by atomic mass is 10.2. The number of para-hydroxylation sites is 2. The number of anilines is 2. The third kappa shape index (κ3) is 4.54. The summed E-state index contributed by atoms with van der Waals surface area (Å²) in [6, 6.07) is 22.5. The topological polar surface area (TPSA) is 37.0 Å². The molecule has 116 valence electrons. The Labute approximate surface area is 135 Å². The van der Waals surface area contributed by atoms with Gasteiger partial charge in [-0.2, -0.15) is 0 Å². The number of nitrogens with one attached hydrogen (secondary N) is 2. The van der Waals surface area contributed by atoms with Crippen LogP contribution in [0.2, 0.25) is 0 Å². The number of nitrogens with zero attached hydrogens (tertiary/aromatic N) is 1. The highest BCUT2D eigenvalue weighted by Gasteiger charge is 2.03. The highest BCUT2D eigenvalue weighted by Crippen LogP contribution is 2.11. The van der Waals surface area contributed by atoms with Crippen LogP contribution in [0.25, 0.3) is 0 Å². The fourth-order valence-electron chi connectivity index (χ4n) is 2.29. The van der Waals surface area contributed by atoms with Crippen molar-refractivity contribution in [2.45, 2.75) is 13.1 Å². The largest absolute Gasteiger partial charge is 0.379 e. The fourth-order valence-corrected chi connectivity index (χ4v) is 2.29. The monoisotopic (exact) mass is 307 g/mol. The summed E-state index contributed by atoms with van der Waals surface area (Å²) in [4.78, 5) is 4.50. The first-order valence-corrected chi connectivity index (χ1v) is 7.53. The Morgan fingerprint density at radius 3 is 1.57 bits per heavy atom. The number of rotatable bonds is 6. The van der Waals surface area contributed by atoms with Crippen LogP contribution in [0.1, 0.15) is 11.4 Å². The second-order valence-corrected chi connectivity index (χ2v) is 5.21. The molecule has 3 nitrogen and oxygen atoms in total. The van der Waals surface area contributed by atoms with E-state index in [2.05, 4.69) is 15.6 Å². The van der Waals surface area contributed by atoms with Gasteiger partial charge in [-0.15, -0.1) is 0 Å². The van der Waals surface area contributed by atoms with Gasteiger partial charge in [0.15, 0.2) is 0 Å². The minimum absolute atomic E-state index is 0.269. The smallest absolute Gasteiger partial charge is 0.126 e. The summed E-state index contributed by atoms with van der Waals surface area (Å²) >= 11 is 0. The van der Waals surface area contributed by atoms with Crippen LogP contribution in [0.3, 0.4) is 0 Å². The molecule has 0 fully saturated rings. The molecule has 0 atom stereocenters. The van der Waals surface area contributed by atoms with Crippen LogP contribution < -0.4 is 10.6 Å². The second kappa shape index (κ2) is 7.40. The predicted octanol–water partition coefficient (Wildman–Crippen LogP) is 4.44. The Kier molecular flexibility index (Phi) is 4.84. The van der Waals surface area contributed by atoms with E-state index in [0.717, 1.165) is 11.4 Å². The van der Waals surface area contributed by atoms with E-state index in [0.29, 0.717) is 24.5 Å². The maximum Gasteiger partial charge on any atom is 0.126 e. The van der Waals surface area contributed by atoms with E-state index in [1.807, 2.05) is 60.7 Å². The van der Waals surface area contributed by atoms with Crippen LogP contribution in [0.15, 0.2) is 72.8 Å². The number of hydrogen-bond acceptors (Lipinski definition) is 3. The van der Waals surface area contributed by atoms with Crippen LogP contribution in [-0.2, 0) is 13.1 Å². The zero-order chi connectivity index (χ0) is 15.9. The molecule has 3 aromatic rings. The number of hydrogen-bond donors (Lipinski definition) is 2. The van der Waals surface area contributed by atoms with Gasteiger partial charge < -0.3 is 10.6 Å². The van der Waals surface area contributed by atoms with E-state index < -0.39 is 0 Å². The average molecular weight is 307 g/mol. The molecule has 2 N–H and O–H groups in total. The van der Waals surface area contributed by atoms with Crippen molar-refractivity contribution in [2.24, 2.45) is 0 Å². The standard InChI is InChI=1S/C19H18FN3/c20-15-11-18(13-21-16-7-3-1-4-8-16)23-19(12-15)14-22-17-9-5-2-6-10-17/h1-12,21-22H,13-14H2. The van der Waals surface area contributed by atoms with E-state index in [1.54, 1.807) is 0 Å². The molecule has 1 aromatic heterocycles. The van der Waals surface area contributed by atoms with Gasteiger partial charge in [0, 0.05) is 11.4 Å². The lowest BCUT2D eigenvalue weighted by Gasteiger charge is -2.09. The van der Waals surface area contributed by atoms with Gasteiger partial charge in [0.1, 0.15) is 5.82 Å². The molecule has 2 aromatic carbocycles. The lowest BCUT2D eigenvalue weighted by molar-refractivity contribution is 0.619. The van der Waals surface area contributed by atoms with Gasteiger partial charge in [0.05, 0.1) is 24.5 Å². The van der Waals surface area contributed by atoms with Gasteiger partial charge in [-0.3, -0.25) is 4.98 Å². The van der Waals surface area contributed by atoms with Crippen LogP contribution in [0, 0.1) is 5.82 Å². The van der Waals surface area contributed by atoms with Crippen molar-refractivity contribution in [3.63, 3.8) is 0 Å². The van der Waals surface area contributed by atoms with Crippen molar-refractivity contribution in [2.75, 3.05) is 10.6 Å². The van der Waals surface area contributed by atoms with Crippen molar-refractivity contribution in [3.8, 4) is 0 Å². The molecule has 0 aliphatic rings. The Morgan fingerprint density at radius 1 is 0.696 bits per heavy atom. The van der Waals surface area contributed by atoms with Crippen LogP contribution in [0.5, 0.6) is 0 Å². The third-order valence-electron chi connectivity index (χ3n) is 3.39. The molecule has 0 bridgehead atoms. The molecule has 4 heteroatoms. The summed E-state index contributed by atoms with van der Waals surface area (Å²) in [6.07, 6.45) is 0. The van der Waals surface area contributed by atoms with E-state index in [4.69, 9.17) is 0 Å². The number of halogens is 1. The molecule has 0 amide bonds. The van der Waals surface area contributed by atoms with E-state index >= 15 is 0 Å². The number of benzene rings is 2. The molecule has 0 aliphatic heterocycles. The summed E-state index contributed by atoms with van der Waals surface area (Å²) in [6.45, 7) is 0.972. The van der Waals surface area contributed by atoms with Gasteiger partial charge in [-0.1, -0.05) is 36.4 Å².